The third-order valence-corrected chi connectivity index (χ3v) is 4.51. The zero-order valence-electron chi connectivity index (χ0n) is 11.1. The van der Waals surface area contributed by atoms with E-state index in [0.717, 1.165) is 6.42 Å². The number of aliphatic hydroxyl groups is 1. The fourth-order valence-corrected chi connectivity index (χ4v) is 3.24. The third-order valence-electron chi connectivity index (χ3n) is 3.60. The topological polar surface area (TPSA) is 49.3 Å². The van der Waals surface area contributed by atoms with E-state index in [-0.39, 0.29) is 18.6 Å². The molecule has 0 radical (unpaired) electrons. The number of thiophene rings is 1. The summed E-state index contributed by atoms with van der Waals surface area (Å²) in [5.41, 5.74) is 0.708. The second-order valence-electron chi connectivity index (χ2n) is 4.96. The van der Waals surface area contributed by atoms with Crippen LogP contribution in [0.5, 0.6) is 0 Å². The van der Waals surface area contributed by atoms with Crippen molar-refractivity contribution in [1.29, 1.82) is 0 Å². The summed E-state index contributed by atoms with van der Waals surface area (Å²) in [6, 6.07) is 2.11. The molecule has 1 aliphatic rings. The first-order valence-corrected chi connectivity index (χ1v) is 7.58. The van der Waals surface area contributed by atoms with Crippen molar-refractivity contribution < 1.29 is 9.90 Å². The Hall–Kier alpha value is -1.31. The van der Waals surface area contributed by atoms with Gasteiger partial charge in [0, 0.05) is 11.6 Å². The zero-order valence-corrected chi connectivity index (χ0v) is 11.9. The predicted molar refractivity (Wildman–Crippen MR) is 77.2 cm³/mol. The Morgan fingerprint density at radius 2 is 2.32 bits per heavy atom. The average Bonchev–Trinajstić information content (AvgIpc) is 2.87. The van der Waals surface area contributed by atoms with Crippen LogP contribution in [-0.4, -0.2) is 23.7 Å². The van der Waals surface area contributed by atoms with Crippen molar-refractivity contribution in [3.8, 4) is 11.8 Å². The van der Waals surface area contributed by atoms with Crippen LogP contribution < -0.4 is 5.32 Å². The highest BCUT2D eigenvalue weighted by Crippen LogP contribution is 2.25. The Kier molecular flexibility index (Phi) is 5.00. The molecule has 3 nitrogen and oxygen atoms in total. The Balaban J connectivity index is 2.05. The van der Waals surface area contributed by atoms with Gasteiger partial charge in [0.2, 0.25) is 0 Å². The number of aliphatic hydroxyl groups excluding tert-OH is 1. The van der Waals surface area contributed by atoms with Crippen molar-refractivity contribution in [1.82, 2.24) is 5.32 Å². The van der Waals surface area contributed by atoms with Gasteiger partial charge in [0.1, 0.15) is 11.5 Å². The molecule has 1 aromatic rings. The molecule has 0 spiro atoms. The number of hydrogen-bond donors (Lipinski definition) is 2. The van der Waals surface area contributed by atoms with Crippen LogP contribution in [0.1, 0.15) is 47.8 Å². The molecule has 0 saturated heterocycles. The normalized spacial score (nSPS) is 22.4. The van der Waals surface area contributed by atoms with Gasteiger partial charge in [-0.1, -0.05) is 31.6 Å². The molecule has 1 aliphatic carbocycles. The van der Waals surface area contributed by atoms with Gasteiger partial charge in [-0.15, -0.1) is 11.3 Å². The van der Waals surface area contributed by atoms with Gasteiger partial charge >= 0.3 is 0 Å². The Morgan fingerprint density at radius 1 is 1.53 bits per heavy atom. The lowest BCUT2D eigenvalue weighted by atomic mass is 9.86. The van der Waals surface area contributed by atoms with Crippen molar-refractivity contribution in [2.45, 2.75) is 38.6 Å². The molecule has 0 bridgehead atoms. The molecule has 0 aromatic carbocycles. The minimum Gasteiger partial charge on any atom is -0.384 e. The highest BCUT2D eigenvalue weighted by Gasteiger charge is 2.24. The molecule has 102 valence electrons. The zero-order chi connectivity index (χ0) is 13.7. The first kappa shape index (κ1) is 14.1. The number of carbonyl (C=O) groups is 1. The number of carbonyl (C=O) groups excluding carboxylic acids is 1. The summed E-state index contributed by atoms with van der Waals surface area (Å²) < 4.78 is 0. The van der Waals surface area contributed by atoms with Crippen molar-refractivity contribution in [2.75, 3.05) is 6.61 Å². The van der Waals surface area contributed by atoms with Crippen LogP contribution in [0, 0.1) is 17.8 Å². The van der Waals surface area contributed by atoms with E-state index < -0.39 is 0 Å². The predicted octanol–water partition coefficient (Wildman–Crippen LogP) is 2.40. The monoisotopic (exact) mass is 277 g/mol. The van der Waals surface area contributed by atoms with Crippen LogP contribution in [0.3, 0.4) is 0 Å². The number of hydrogen-bond acceptors (Lipinski definition) is 3. The molecule has 19 heavy (non-hydrogen) atoms. The molecule has 2 unspecified atom stereocenters. The van der Waals surface area contributed by atoms with E-state index in [1.807, 2.05) is 11.4 Å². The van der Waals surface area contributed by atoms with Crippen molar-refractivity contribution in [2.24, 2.45) is 5.92 Å². The van der Waals surface area contributed by atoms with Crippen LogP contribution >= 0.6 is 11.3 Å². The summed E-state index contributed by atoms with van der Waals surface area (Å²) in [5, 5.41) is 13.7. The van der Waals surface area contributed by atoms with E-state index in [4.69, 9.17) is 5.11 Å². The summed E-state index contributed by atoms with van der Waals surface area (Å²) in [5.74, 6) is 5.93. The summed E-state index contributed by atoms with van der Waals surface area (Å²) in [7, 11) is 0. The lowest BCUT2D eigenvalue weighted by Gasteiger charge is -2.29. The van der Waals surface area contributed by atoms with Gasteiger partial charge in [-0.25, -0.2) is 0 Å². The van der Waals surface area contributed by atoms with Crippen LogP contribution in [0.2, 0.25) is 0 Å². The second-order valence-corrected chi connectivity index (χ2v) is 5.88. The maximum absolute atomic E-state index is 12.3. The van der Waals surface area contributed by atoms with Crippen molar-refractivity contribution in [3.63, 3.8) is 0 Å². The maximum atomic E-state index is 12.3. The van der Waals surface area contributed by atoms with E-state index in [9.17, 15) is 4.79 Å². The number of nitrogens with one attached hydrogen (secondary N) is 1. The molecule has 1 fully saturated rings. The smallest absolute Gasteiger partial charge is 0.262 e. The maximum Gasteiger partial charge on any atom is 0.262 e. The first-order valence-electron chi connectivity index (χ1n) is 6.70. The van der Waals surface area contributed by atoms with Gasteiger partial charge in [-0.05, 0) is 30.2 Å². The molecule has 2 N–H and O–H groups in total. The number of amides is 1. The van der Waals surface area contributed by atoms with Gasteiger partial charge in [-0.3, -0.25) is 4.79 Å². The fourth-order valence-electron chi connectivity index (χ4n) is 2.48. The van der Waals surface area contributed by atoms with Crippen molar-refractivity contribution in [3.05, 3.63) is 21.9 Å². The second kappa shape index (κ2) is 6.74. The minimum absolute atomic E-state index is 0.0315. The molecule has 2 rings (SSSR count). The van der Waals surface area contributed by atoms with Crippen LogP contribution in [0.15, 0.2) is 11.4 Å². The minimum atomic E-state index is -0.184. The third kappa shape index (κ3) is 3.59. The molecule has 0 aliphatic heterocycles. The van der Waals surface area contributed by atoms with Gasteiger partial charge in [-0.2, -0.15) is 0 Å². The van der Waals surface area contributed by atoms with Crippen LogP contribution in [0.4, 0.5) is 0 Å². The molecule has 4 heteroatoms. The highest BCUT2D eigenvalue weighted by atomic mass is 32.1. The molecule has 2 atom stereocenters. The van der Waals surface area contributed by atoms with Crippen LogP contribution in [0.25, 0.3) is 0 Å². The molecule has 1 heterocycles. The molecule has 1 aromatic heterocycles. The van der Waals surface area contributed by atoms with E-state index in [1.165, 1.54) is 30.6 Å². The quantitative estimate of drug-likeness (QED) is 0.816. The largest absolute Gasteiger partial charge is 0.384 e. The number of rotatable bonds is 2. The van der Waals surface area contributed by atoms with Crippen LogP contribution in [-0.2, 0) is 0 Å². The molecule has 1 amide bonds. The van der Waals surface area contributed by atoms with Gasteiger partial charge in [0.15, 0.2) is 0 Å². The lowest BCUT2D eigenvalue weighted by molar-refractivity contribution is 0.0914. The molecule has 1 saturated carbocycles. The highest BCUT2D eigenvalue weighted by molar-refractivity contribution is 7.12. The van der Waals surface area contributed by atoms with Gasteiger partial charge in [0.25, 0.3) is 5.91 Å². The lowest BCUT2D eigenvalue weighted by Crippen LogP contribution is -2.40. The standard InChI is InChI=1S/C15H19NO2S/c1-11-5-2-3-7-13(11)16-15(18)14-12(6-4-9-17)8-10-19-14/h8,10-11,13,17H,2-3,5,7,9H2,1H3,(H,16,18). The van der Waals surface area contributed by atoms with Crippen molar-refractivity contribution >= 4 is 17.2 Å². The van der Waals surface area contributed by atoms with E-state index in [1.54, 1.807) is 0 Å². The first-order chi connectivity index (χ1) is 9.22. The summed E-state index contributed by atoms with van der Waals surface area (Å²) >= 11 is 1.40. The Bertz CT molecular complexity index is 498. The van der Waals surface area contributed by atoms with E-state index in [0.29, 0.717) is 16.4 Å². The Labute approximate surface area is 118 Å². The van der Waals surface area contributed by atoms with E-state index in [2.05, 4.69) is 24.1 Å². The molecular formula is C15H19NO2S. The summed E-state index contributed by atoms with van der Waals surface area (Å²) in [4.78, 5) is 12.9. The molecular weight excluding hydrogens is 258 g/mol. The Morgan fingerprint density at radius 3 is 3.05 bits per heavy atom. The summed E-state index contributed by atoms with van der Waals surface area (Å²) in [6.45, 7) is 2.02. The SMILES string of the molecule is CC1CCCCC1NC(=O)c1sccc1C#CCO. The van der Waals surface area contributed by atoms with Gasteiger partial charge < -0.3 is 10.4 Å². The van der Waals surface area contributed by atoms with E-state index >= 15 is 0 Å². The fraction of sp³-hybridized carbons (Fsp3) is 0.533. The average molecular weight is 277 g/mol. The van der Waals surface area contributed by atoms with Gasteiger partial charge in [0.05, 0.1) is 0 Å². The summed E-state index contributed by atoms with van der Waals surface area (Å²) in [6.07, 6.45) is 4.71.